The van der Waals surface area contributed by atoms with Crippen LogP contribution in [0, 0.1) is 18.6 Å². The number of fused-ring (bicyclic) bond motifs is 1. The first-order chi connectivity index (χ1) is 13.9. The number of methoxy groups -OCH3 is 1. The fourth-order valence-electron chi connectivity index (χ4n) is 3.55. The number of anilines is 1. The third-order valence-corrected chi connectivity index (χ3v) is 4.93. The minimum Gasteiger partial charge on any atom is -0.494 e. The molecule has 1 amide bonds. The summed E-state index contributed by atoms with van der Waals surface area (Å²) in [6, 6.07) is 9.49. The summed E-state index contributed by atoms with van der Waals surface area (Å²) in [5.41, 5.74) is 1.94. The van der Waals surface area contributed by atoms with Crippen LogP contribution in [0.15, 0.2) is 42.5 Å². The number of benzene rings is 2. The summed E-state index contributed by atoms with van der Waals surface area (Å²) in [5, 5.41) is 7.20. The van der Waals surface area contributed by atoms with E-state index in [2.05, 4.69) is 10.4 Å². The summed E-state index contributed by atoms with van der Waals surface area (Å²) in [4.78, 5) is 25.5. The van der Waals surface area contributed by atoms with Gasteiger partial charge in [0.1, 0.15) is 11.6 Å². The van der Waals surface area contributed by atoms with Gasteiger partial charge in [-0.3, -0.25) is 9.59 Å². The number of Topliss-reactive ketones (excluding diaryl/α,β-unsaturated/α-hetero) is 1. The lowest BCUT2D eigenvalue weighted by molar-refractivity contribution is -0.116. The third kappa shape index (κ3) is 3.26. The molecule has 1 atom stereocenters. The van der Waals surface area contributed by atoms with Crippen molar-refractivity contribution in [2.45, 2.75) is 19.3 Å². The molecule has 0 bridgehead atoms. The monoisotopic (exact) mass is 397 g/mol. The van der Waals surface area contributed by atoms with Gasteiger partial charge in [-0.2, -0.15) is 5.10 Å². The number of hydrogen-bond donors (Lipinski definition) is 1. The highest BCUT2D eigenvalue weighted by molar-refractivity contribution is 6.08. The molecule has 0 saturated heterocycles. The average molecular weight is 397 g/mol. The number of aryl methyl sites for hydroxylation is 1. The number of amides is 1. The summed E-state index contributed by atoms with van der Waals surface area (Å²) < 4.78 is 33.4. The van der Waals surface area contributed by atoms with Crippen molar-refractivity contribution in [1.82, 2.24) is 9.78 Å². The Balaban J connectivity index is 1.80. The van der Waals surface area contributed by atoms with Gasteiger partial charge in [-0.1, -0.05) is 0 Å². The Morgan fingerprint density at radius 1 is 1.21 bits per heavy atom. The topological polar surface area (TPSA) is 73.2 Å². The molecule has 0 fully saturated rings. The maximum Gasteiger partial charge on any atom is 0.226 e. The van der Waals surface area contributed by atoms with E-state index in [0.29, 0.717) is 22.8 Å². The highest BCUT2D eigenvalue weighted by Crippen LogP contribution is 2.38. The van der Waals surface area contributed by atoms with E-state index in [4.69, 9.17) is 4.74 Å². The quantitative estimate of drug-likeness (QED) is 0.680. The standard InChI is InChI=1S/C21H17F2N3O3/c1-11-19-15(20(28)12-3-8-16(23)17(9-12)29-2)10-18(27)24-21(19)26(25-11)14-6-4-13(22)5-7-14/h3-9,15H,10H2,1-2H3,(H,24,27). The molecule has 29 heavy (non-hydrogen) atoms. The average Bonchev–Trinajstić information content (AvgIpc) is 3.04. The molecule has 1 unspecified atom stereocenters. The van der Waals surface area contributed by atoms with E-state index < -0.39 is 17.6 Å². The van der Waals surface area contributed by atoms with Crippen LogP contribution in [-0.4, -0.2) is 28.6 Å². The van der Waals surface area contributed by atoms with Crippen LogP contribution in [0.4, 0.5) is 14.6 Å². The van der Waals surface area contributed by atoms with Crippen molar-refractivity contribution in [3.63, 3.8) is 0 Å². The van der Waals surface area contributed by atoms with Crippen molar-refractivity contribution in [3.8, 4) is 11.4 Å². The number of aromatic nitrogens is 2. The zero-order valence-corrected chi connectivity index (χ0v) is 15.7. The number of rotatable bonds is 4. The van der Waals surface area contributed by atoms with E-state index in [1.807, 2.05) is 0 Å². The molecule has 4 rings (SSSR count). The number of carbonyl (C=O) groups is 2. The number of halogens is 2. The predicted octanol–water partition coefficient (Wildman–Crippen LogP) is 3.78. The molecule has 1 aliphatic heterocycles. The number of carbonyl (C=O) groups excluding carboxylic acids is 2. The van der Waals surface area contributed by atoms with Crippen molar-refractivity contribution < 1.29 is 23.1 Å². The van der Waals surface area contributed by atoms with Gasteiger partial charge in [0.15, 0.2) is 17.3 Å². The van der Waals surface area contributed by atoms with Crippen LogP contribution in [0.2, 0.25) is 0 Å². The van der Waals surface area contributed by atoms with Crippen molar-refractivity contribution in [3.05, 3.63) is 70.9 Å². The molecule has 1 N–H and O–H groups in total. The SMILES string of the molecule is COc1cc(C(=O)C2CC(=O)Nc3c2c(C)nn3-c2ccc(F)cc2)ccc1F. The first-order valence-corrected chi connectivity index (χ1v) is 8.92. The molecule has 2 heterocycles. The molecular formula is C21H17F2N3O3. The number of hydrogen-bond acceptors (Lipinski definition) is 4. The van der Waals surface area contributed by atoms with E-state index in [1.54, 1.807) is 6.92 Å². The Bertz CT molecular complexity index is 1120. The lowest BCUT2D eigenvalue weighted by Crippen LogP contribution is -2.28. The van der Waals surface area contributed by atoms with Crippen molar-refractivity contribution in [2.24, 2.45) is 0 Å². The molecule has 6 nitrogen and oxygen atoms in total. The highest BCUT2D eigenvalue weighted by Gasteiger charge is 2.36. The van der Waals surface area contributed by atoms with Gasteiger partial charge in [-0.15, -0.1) is 0 Å². The van der Waals surface area contributed by atoms with Crippen LogP contribution in [0.1, 0.15) is 34.0 Å². The normalized spacial score (nSPS) is 15.6. The molecule has 0 spiro atoms. The second-order valence-corrected chi connectivity index (χ2v) is 6.75. The van der Waals surface area contributed by atoms with Crippen LogP contribution in [0.5, 0.6) is 5.75 Å². The van der Waals surface area contributed by atoms with Gasteiger partial charge >= 0.3 is 0 Å². The van der Waals surface area contributed by atoms with Crippen LogP contribution >= 0.6 is 0 Å². The maximum atomic E-state index is 13.7. The van der Waals surface area contributed by atoms with Gasteiger partial charge in [-0.05, 0) is 49.4 Å². The van der Waals surface area contributed by atoms with E-state index in [9.17, 15) is 18.4 Å². The highest BCUT2D eigenvalue weighted by atomic mass is 19.1. The molecule has 8 heteroatoms. The van der Waals surface area contributed by atoms with Gasteiger partial charge in [0.25, 0.3) is 0 Å². The van der Waals surface area contributed by atoms with Gasteiger partial charge in [0.05, 0.1) is 24.4 Å². The molecule has 3 aromatic rings. The summed E-state index contributed by atoms with van der Waals surface area (Å²) in [6.07, 6.45) is -0.0541. The molecule has 1 aliphatic rings. The van der Waals surface area contributed by atoms with Gasteiger partial charge < -0.3 is 10.1 Å². The van der Waals surface area contributed by atoms with Crippen LogP contribution in [0.3, 0.4) is 0 Å². The van der Waals surface area contributed by atoms with E-state index >= 15 is 0 Å². The zero-order valence-electron chi connectivity index (χ0n) is 15.7. The van der Waals surface area contributed by atoms with Crippen molar-refractivity contribution >= 4 is 17.5 Å². The fourth-order valence-corrected chi connectivity index (χ4v) is 3.55. The van der Waals surface area contributed by atoms with Crippen LogP contribution in [-0.2, 0) is 4.79 Å². The van der Waals surface area contributed by atoms with Crippen molar-refractivity contribution in [1.29, 1.82) is 0 Å². The Morgan fingerprint density at radius 3 is 2.62 bits per heavy atom. The van der Waals surface area contributed by atoms with E-state index in [-0.39, 0.29) is 29.4 Å². The lowest BCUT2D eigenvalue weighted by atomic mass is 9.85. The summed E-state index contributed by atoms with van der Waals surface area (Å²) in [6.45, 7) is 1.74. The van der Waals surface area contributed by atoms with Crippen molar-refractivity contribution in [2.75, 3.05) is 12.4 Å². The molecule has 0 aliphatic carbocycles. The maximum absolute atomic E-state index is 13.7. The number of ketones is 1. The lowest BCUT2D eigenvalue weighted by Gasteiger charge is -2.23. The Morgan fingerprint density at radius 2 is 1.93 bits per heavy atom. The van der Waals surface area contributed by atoms with Crippen LogP contribution < -0.4 is 10.1 Å². The molecule has 2 aromatic carbocycles. The molecular weight excluding hydrogens is 380 g/mol. The minimum atomic E-state index is -0.775. The first kappa shape index (κ1) is 18.8. The minimum absolute atomic E-state index is 0.0462. The molecule has 148 valence electrons. The number of nitrogens with zero attached hydrogens (tertiary/aromatic N) is 2. The summed E-state index contributed by atoms with van der Waals surface area (Å²) in [7, 11) is 1.32. The number of ether oxygens (including phenoxy) is 1. The largest absolute Gasteiger partial charge is 0.494 e. The van der Waals surface area contributed by atoms with Gasteiger partial charge in [-0.25, -0.2) is 13.5 Å². The Labute approximate surface area is 165 Å². The second kappa shape index (κ2) is 7.12. The van der Waals surface area contributed by atoms with E-state index in [0.717, 1.165) is 6.07 Å². The van der Waals surface area contributed by atoms with E-state index in [1.165, 1.54) is 48.2 Å². The molecule has 1 aromatic heterocycles. The van der Waals surface area contributed by atoms with Gasteiger partial charge in [0, 0.05) is 17.5 Å². The predicted molar refractivity (Wildman–Crippen MR) is 102 cm³/mol. The Hall–Kier alpha value is -3.55. The molecule has 0 radical (unpaired) electrons. The summed E-state index contributed by atoms with van der Waals surface area (Å²) in [5.74, 6) is -2.09. The van der Waals surface area contributed by atoms with Crippen LogP contribution in [0.25, 0.3) is 5.69 Å². The second-order valence-electron chi connectivity index (χ2n) is 6.75. The summed E-state index contributed by atoms with van der Waals surface area (Å²) >= 11 is 0. The fraction of sp³-hybridized carbons (Fsp3) is 0.190. The third-order valence-electron chi connectivity index (χ3n) is 4.93. The number of nitrogens with one attached hydrogen (secondary N) is 1. The first-order valence-electron chi connectivity index (χ1n) is 8.92. The molecule has 0 saturated carbocycles. The zero-order chi connectivity index (χ0) is 20.7. The van der Waals surface area contributed by atoms with Gasteiger partial charge in [0.2, 0.25) is 5.91 Å². The Kier molecular flexibility index (Phi) is 4.62. The smallest absolute Gasteiger partial charge is 0.226 e.